The summed E-state index contributed by atoms with van der Waals surface area (Å²) in [7, 11) is 0. The summed E-state index contributed by atoms with van der Waals surface area (Å²) in [6, 6.07) is 1.76. The third-order valence-corrected chi connectivity index (χ3v) is 7.04. The molecule has 0 radical (unpaired) electrons. The van der Waals surface area contributed by atoms with Crippen molar-refractivity contribution in [2.45, 2.75) is 63.5 Å². The summed E-state index contributed by atoms with van der Waals surface area (Å²) in [5.41, 5.74) is 0.449. The lowest BCUT2D eigenvalue weighted by Gasteiger charge is -2.47. The lowest BCUT2D eigenvalue weighted by molar-refractivity contribution is 0.0134. The minimum atomic E-state index is 0.409. The molecule has 20 heavy (non-hydrogen) atoms. The molecule has 2 aliphatic heterocycles. The molecule has 0 bridgehead atoms. The van der Waals surface area contributed by atoms with Gasteiger partial charge in [0.05, 0.1) is 0 Å². The molecule has 2 saturated heterocycles. The van der Waals surface area contributed by atoms with Crippen LogP contribution in [0.15, 0.2) is 0 Å². The summed E-state index contributed by atoms with van der Waals surface area (Å²) in [6.07, 6.45) is 11.2. The van der Waals surface area contributed by atoms with E-state index >= 15 is 0 Å². The molecule has 2 heterocycles. The Labute approximate surface area is 123 Å². The van der Waals surface area contributed by atoms with Crippen molar-refractivity contribution < 1.29 is 5.11 Å². The Kier molecular flexibility index (Phi) is 3.56. The highest BCUT2D eigenvalue weighted by molar-refractivity contribution is 5.02. The first kappa shape index (κ1) is 13.5. The van der Waals surface area contributed by atoms with E-state index in [2.05, 4.69) is 9.80 Å². The van der Waals surface area contributed by atoms with Crippen molar-refractivity contribution in [3.8, 4) is 0 Å². The van der Waals surface area contributed by atoms with Gasteiger partial charge in [-0.15, -0.1) is 0 Å². The van der Waals surface area contributed by atoms with Gasteiger partial charge < -0.3 is 10.0 Å². The molecule has 1 unspecified atom stereocenters. The van der Waals surface area contributed by atoms with Crippen LogP contribution in [-0.2, 0) is 0 Å². The fourth-order valence-corrected chi connectivity index (χ4v) is 5.01. The van der Waals surface area contributed by atoms with Crippen LogP contribution in [0.4, 0.5) is 0 Å². The van der Waals surface area contributed by atoms with E-state index in [1.165, 1.54) is 77.5 Å². The van der Waals surface area contributed by atoms with Crippen LogP contribution >= 0.6 is 0 Å². The minimum Gasteiger partial charge on any atom is -0.396 e. The van der Waals surface area contributed by atoms with Crippen molar-refractivity contribution in [1.82, 2.24) is 9.80 Å². The summed E-state index contributed by atoms with van der Waals surface area (Å²) in [6.45, 7) is 5.44. The van der Waals surface area contributed by atoms with Gasteiger partial charge >= 0.3 is 0 Å². The Bertz CT molecular complexity index is 343. The first-order chi connectivity index (χ1) is 9.81. The Balaban J connectivity index is 1.40. The van der Waals surface area contributed by atoms with Crippen LogP contribution in [0.1, 0.15) is 51.4 Å². The van der Waals surface area contributed by atoms with Gasteiger partial charge in [0.25, 0.3) is 0 Å². The van der Waals surface area contributed by atoms with Crippen LogP contribution in [0, 0.1) is 11.3 Å². The third-order valence-electron chi connectivity index (χ3n) is 7.04. The van der Waals surface area contributed by atoms with Crippen LogP contribution in [0.2, 0.25) is 0 Å². The summed E-state index contributed by atoms with van der Waals surface area (Å²) < 4.78 is 0. The van der Waals surface area contributed by atoms with E-state index in [9.17, 15) is 5.11 Å². The molecule has 2 saturated carbocycles. The third kappa shape index (κ3) is 2.13. The number of piperidine rings is 1. The van der Waals surface area contributed by atoms with Gasteiger partial charge in [-0.1, -0.05) is 12.8 Å². The Hall–Kier alpha value is -0.120. The van der Waals surface area contributed by atoms with E-state index in [-0.39, 0.29) is 0 Å². The van der Waals surface area contributed by atoms with Crippen LogP contribution < -0.4 is 0 Å². The number of hydrogen-bond acceptors (Lipinski definition) is 3. The second-order valence-corrected chi connectivity index (χ2v) is 7.88. The number of aliphatic hydroxyl groups excluding tert-OH is 1. The van der Waals surface area contributed by atoms with E-state index in [1.807, 2.05) is 0 Å². The standard InChI is InChI=1S/C17H30N2O/c20-12-14-11-19(16-5-2-6-16)13-17(14)7-9-18(10-8-17)15-3-1-4-15/h14-16,20H,1-13H2. The van der Waals surface area contributed by atoms with Gasteiger partial charge in [-0.2, -0.15) is 0 Å². The summed E-state index contributed by atoms with van der Waals surface area (Å²) in [4.78, 5) is 5.47. The summed E-state index contributed by atoms with van der Waals surface area (Å²) in [5, 5.41) is 9.87. The average molecular weight is 278 g/mol. The predicted molar refractivity (Wildman–Crippen MR) is 80.7 cm³/mol. The fraction of sp³-hybridized carbons (Fsp3) is 1.00. The highest BCUT2D eigenvalue weighted by atomic mass is 16.3. The number of hydrogen-bond donors (Lipinski definition) is 1. The van der Waals surface area contributed by atoms with Gasteiger partial charge in [0.15, 0.2) is 0 Å². The van der Waals surface area contributed by atoms with Crippen LogP contribution in [0.25, 0.3) is 0 Å². The maximum absolute atomic E-state index is 9.87. The van der Waals surface area contributed by atoms with Crippen molar-refractivity contribution in [3.05, 3.63) is 0 Å². The van der Waals surface area contributed by atoms with E-state index < -0.39 is 0 Å². The summed E-state index contributed by atoms with van der Waals surface area (Å²) in [5.74, 6) is 0.548. The second kappa shape index (κ2) is 5.26. The number of likely N-dealkylation sites (tertiary alicyclic amines) is 2. The maximum atomic E-state index is 9.87. The van der Waals surface area contributed by atoms with Crippen molar-refractivity contribution in [2.75, 3.05) is 32.8 Å². The Morgan fingerprint density at radius 3 is 2.00 bits per heavy atom. The number of nitrogens with zero attached hydrogens (tertiary/aromatic N) is 2. The zero-order valence-corrected chi connectivity index (χ0v) is 12.8. The van der Waals surface area contributed by atoms with Gasteiger partial charge in [-0.25, -0.2) is 0 Å². The normalized spacial score (nSPS) is 36.1. The molecule has 0 amide bonds. The Morgan fingerprint density at radius 1 is 0.900 bits per heavy atom. The topological polar surface area (TPSA) is 26.7 Å². The summed E-state index contributed by atoms with van der Waals surface area (Å²) >= 11 is 0. The molecular formula is C17H30N2O. The lowest BCUT2D eigenvalue weighted by Crippen LogP contribution is -2.50. The van der Waals surface area contributed by atoms with E-state index in [0.717, 1.165) is 12.1 Å². The maximum Gasteiger partial charge on any atom is 0.0477 e. The molecule has 1 atom stereocenters. The molecule has 3 nitrogen and oxygen atoms in total. The van der Waals surface area contributed by atoms with Crippen molar-refractivity contribution in [3.63, 3.8) is 0 Å². The van der Waals surface area contributed by atoms with Crippen LogP contribution in [0.3, 0.4) is 0 Å². The first-order valence-electron chi connectivity index (χ1n) is 8.90. The zero-order chi connectivity index (χ0) is 13.6. The van der Waals surface area contributed by atoms with E-state index in [1.54, 1.807) is 0 Å². The highest BCUT2D eigenvalue weighted by Gasteiger charge is 2.50. The van der Waals surface area contributed by atoms with Gasteiger partial charge in [-0.3, -0.25) is 4.90 Å². The molecular weight excluding hydrogens is 248 g/mol. The zero-order valence-electron chi connectivity index (χ0n) is 12.8. The highest BCUT2D eigenvalue weighted by Crippen LogP contribution is 2.47. The molecule has 3 heteroatoms. The van der Waals surface area contributed by atoms with Crippen molar-refractivity contribution in [1.29, 1.82) is 0 Å². The second-order valence-electron chi connectivity index (χ2n) is 7.88. The van der Waals surface area contributed by atoms with E-state index in [4.69, 9.17) is 0 Å². The first-order valence-corrected chi connectivity index (χ1v) is 8.90. The van der Waals surface area contributed by atoms with Crippen LogP contribution in [0.5, 0.6) is 0 Å². The molecule has 114 valence electrons. The smallest absolute Gasteiger partial charge is 0.0477 e. The molecule has 0 aromatic carbocycles. The van der Waals surface area contributed by atoms with Gasteiger partial charge in [-0.05, 0) is 57.0 Å². The molecule has 0 aromatic rings. The Morgan fingerprint density at radius 2 is 1.50 bits per heavy atom. The van der Waals surface area contributed by atoms with E-state index in [0.29, 0.717) is 17.9 Å². The quantitative estimate of drug-likeness (QED) is 0.856. The van der Waals surface area contributed by atoms with Gasteiger partial charge in [0.2, 0.25) is 0 Å². The monoisotopic (exact) mass is 278 g/mol. The van der Waals surface area contributed by atoms with Gasteiger partial charge in [0.1, 0.15) is 0 Å². The molecule has 1 spiro atoms. The molecule has 0 aromatic heterocycles. The van der Waals surface area contributed by atoms with Crippen molar-refractivity contribution in [2.24, 2.45) is 11.3 Å². The molecule has 4 fully saturated rings. The van der Waals surface area contributed by atoms with Crippen LogP contribution in [-0.4, -0.2) is 59.8 Å². The number of aliphatic hydroxyl groups is 1. The van der Waals surface area contributed by atoms with Gasteiger partial charge in [0, 0.05) is 37.7 Å². The number of rotatable bonds is 3. The largest absolute Gasteiger partial charge is 0.396 e. The lowest BCUT2D eigenvalue weighted by atomic mass is 9.70. The minimum absolute atomic E-state index is 0.409. The van der Waals surface area contributed by atoms with Crippen molar-refractivity contribution >= 4 is 0 Å². The SMILES string of the molecule is OCC1CN(C2CCC2)CC12CCN(C1CCC1)CC2. The molecule has 1 N–H and O–H groups in total. The molecule has 2 aliphatic carbocycles. The predicted octanol–water partition coefficient (Wildman–Crippen LogP) is 2.10. The average Bonchev–Trinajstić information content (AvgIpc) is 2.66. The molecule has 4 rings (SSSR count). The fourth-order valence-electron chi connectivity index (χ4n) is 5.01. The molecule has 4 aliphatic rings.